The van der Waals surface area contributed by atoms with Gasteiger partial charge >= 0.3 is 0 Å². The zero-order valence-corrected chi connectivity index (χ0v) is 29.8. The molecule has 52 heavy (non-hydrogen) atoms. The van der Waals surface area contributed by atoms with Crippen LogP contribution in [0.25, 0.3) is 28.0 Å². The van der Waals surface area contributed by atoms with Crippen LogP contribution in [-0.4, -0.2) is 59.5 Å². The lowest BCUT2D eigenvalue weighted by molar-refractivity contribution is 0.0774. The molecule has 9 heteroatoms. The fourth-order valence-electron chi connectivity index (χ4n) is 7.10. The van der Waals surface area contributed by atoms with Crippen molar-refractivity contribution >= 4 is 28.7 Å². The molecule has 0 N–H and O–H groups in total. The highest BCUT2D eigenvalue weighted by Gasteiger charge is 2.32. The first-order valence-corrected chi connectivity index (χ1v) is 18.6. The maximum absolute atomic E-state index is 13.6. The fraction of sp³-hybridized carbons (Fsp3) is 0.349. The molecule has 0 saturated carbocycles. The van der Waals surface area contributed by atoms with Crippen molar-refractivity contribution in [1.29, 1.82) is 0 Å². The maximum Gasteiger partial charge on any atom is 0.266 e. The predicted molar refractivity (Wildman–Crippen MR) is 206 cm³/mol. The van der Waals surface area contributed by atoms with Crippen LogP contribution in [0.15, 0.2) is 101 Å². The van der Waals surface area contributed by atoms with Crippen LogP contribution < -0.4 is 19.8 Å². The third-order valence-corrected chi connectivity index (χ3v) is 9.93. The number of unbranched alkanes of at least 4 members (excludes halogenated alkanes) is 7. The number of rotatable bonds is 16. The molecule has 0 radical (unpaired) electrons. The van der Waals surface area contributed by atoms with Crippen molar-refractivity contribution < 1.29 is 19.0 Å². The molecule has 2 aliphatic heterocycles. The maximum atomic E-state index is 13.6. The average Bonchev–Trinajstić information content (AvgIpc) is 3.62. The number of aliphatic imine (C=N–C) groups is 1. The zero-order valence-electron chi connectivity index (χ0n) is 29.8. The predicted octanol–water partition coefficient (Wildman–Crippen LogP) is 8.96. The Labute approximate surface area is 304 Å². The van der Waals surface area contributed by atoms with Crippen LogP contribution in [0.4, 0.5) is 5.69 Å². The molecule has 0 bridgehead atoms. The van der Waals surface area contributed by atoms with Gasteiger partial charge in [0, 0.05) is 24.4 Å². The second-order valence-corrected chi connectivity index (χ2v) is 13.5. The van der Waals surface area contributed by atoms with Crippen LogP contribution in [0.2, 0.25) is 0 Å². The highest BCUT2D eigenvalue weighted by molar-refractivity contribution is 6.03. The third-order valence-electron chi connectivity index (χ3n) is 9.93. The Bertz CT molecular complexity index is 2080. The molecule has 9 nitrogen and oxygen atoms in total. The summed E-state index contributed by atoms with van der Waals surface area (Å²) in [5.74, 6) is 2.64. The van der Waals surface area contributed by atoms with Crippen molar-refractivity contribution in [3.63, 3.8) is 0 Å². The summed E-state index contributed by atoms with van der Waals surface area (Å²) in [6, 6.07) is 28.7. The van der Waals surface area contributed by atoms with Crippen LogP contribution in [0.1, 0.15) is 74.6 Å². The topological polar surface area (TPSA) is 95.2 Å². The first kappa shape index (κ1) is 35.0. The third kappa shape index (κ3) is 7.88. The van der Waals surface area contributed by atoms with E-state index >= 15 is 0 Å². The monoisotopic (exact) mass is 698 g/mol. The van der Waals surface area contributed by atoms with Crippen LogP contribution in [0.3, 0.4) is 0 Å². The van der Waals surface area contributed by atoms with E-state index < -0.39 is 0 Å². The standard InChI is InChI=1S/C43H46N4O5/c1-50-39-28-36-38(44-30-33-18-15-25-46(33)42(36)48)29-40(39)52-27-14-7-5-3-2-4-6-13-26-51-34-23-21-32(22-24-34)47-41(31-16-9-8-10-17-31)45-37-20-12-11-19-35(37)43(47)49/h8-12,16-17,19-24,28-30,33H,2-7,13-15,18,25-27H2,1H3/t33-/m0/s1. The zero-order chi connectivity index (χ0) is 35.7. The Morgan fingerprint density at radius 1 is 0.750 bits per heavy atom. The van der Waals surface area contributed by atoms with E-state index in [0.717, 1.165) is 62.1 Å². The summed E-state index contributed by atoms with van der Waals surface area (Å²) in [7, 11) is 1.61. The minimum Gasteiger partial charge on any atom is -0.494 e. The molecule has 4 aromatic carbocycles. The van der Waals surface area contributed by atoms with E-state index in [1.54, 1.807) is 17.7 Å². The molecule has 1 fully saturated rings. The van der Waals surface area contributed by atoms with Gasteiger partial charge in [0.25, 0.3) is 11.5 Å². The molecule has 1 atom stereocenters. The van der Waals surface area contributed by atoms with Gasteiger partial charge in [-0.2, -0.15) is 0 Å². The Hall–Kier alpha value is -5.44. The Balaban J connectivity index is 0.806. The van der Waals surface area contributed by atoms with Gasteiger partial charge in [-0.25, -0.2) is 4.98 Å². The first-order valence-electron chi connectivity index (χ1n) is 18.6. The van der Waals surface area contributed by atoms with Crippen LogP contribution in [-0.2, 0) is 0 Å². The summed E-state index contributed by atoms with van der Waals surface area (Å²) < 4.78 is 19.4. The van der Waals surface area contributed by atoms with Crippen molar-refractivity contribution in [2.75, 3.05) is 26.9 Å². The normalized spacial score (nSPS) is 15.0. The van der Waals surface area contributed by atoms with Gasteiger partial charge in [-0.15, -0.1) is 0 Å². The van der Waals surface area contributed by atoms with Crippen molar-refractivity contribution in [3.8, 4) is 34.3 Å². The van der Waals surface area contributed by atoms with E-state index in [0.29, 0.717) is 52.7 Å². The smallest absolute Gasteiger partial charge is 0.266 e. The molecule has 0 aliphatic carbocycles. The molecule has 1 saturated heterocycles. The van der Waals surface area contributed by atoms with Crippen molar-refractivity contribution in [3.05, 3.63) is 107 Å². The number of amides is 1. The number of aromatic nitrogens is 2. The highest BCUT2D eigenvalue weighted by atomic mass is 16.5. The van der Waals surface area contributed by atoms with Gasteiger partial charge in [-0.3, -0.25) is 19.1 Å². The minimum absolute atomic E-state index is 0.0197. The molecule has 268 valence electrons. The molecular weight excluding hydrogens is 652 g/mol. The minimum atomic E-state index is -0.0944. The number of benzene rings is 4. The summed E-state index contributed by atoms with van der Waals surface area (Å²) in [6.45, 7) is 2.03. The SMILES string of the molecule is COc1cc2c(cc1OCCCCCCCCCCOc1ccc(-n3c(-c4ccccc4)nc4ccccc4c3=O)cc1)N=C[C@@H]1CCCN1C2=O. The summed E-state index contributed by atoms with van der Waals surface area (Å²) in [6.07, 6.45) is 12.8. The molecule has 1 aromatic heterocycles. The van der Waals surface area contributed by atoms with Gasteiger partial charge in [-0.05, 0) is 68.1 Å². The van der Waals surface area contributed by atoms with Crippen LogP contribution >= 0.6 is 0 Å². The summed E-state index contributed by atoms with van der Waals surface area (Å²) in [5, 5.41) is 0.588. The lowest BCUT2D eigenvalue weighted by Gasteiger charge is -2.20. The molecule has 3 heterocycles. The second kappa shape index (κ2) is 16.7. The Kier molecular flexibility index (Phi) is 11.2. The highest BCUT2D eigenvalue weighted by Crippen LogP contribution is 2.38. The summed E-state index contributed by atoms with van der Waals surface area (Å²) >= 11 is 0. The fourth-order valence-corrected chi connectivity index (χ4v) is 7.10. The molecule has 0 unspecified atom stereocenters. The number of methoxy groups -OCH3 is 1. The van der Waals surface area contributed by atoms with Crippen molar-refractivity contribution in [2.24, 2.45) is 4.99 Å². The lowest BCUT2D eigenvalue weighted by atomic mass is 10.1. The molecule has 7 rings (SSSR count). The van der Waals surface area contributed by atoms with Gasteiger partial charge in [0.05, 0.1) is 54.2 Å². The van der Waals surface area contributed by atoms with Crippen molar-refractivity contribution in [1.82, 2.24) is 14.5 Å². The first-order chi connectivity index (χ1) is 25.6. The van der Waals surface area contributed by atoms with Crippen LogP contribution in [0, 0.1) is 0 Å². The van der Waals surface area contributed by atoms with E-state index in [1.165, 1.54) is 25.7 Å². The van der Waals surface area contributed by atoms with E-state index in [2.05, 4.69) is 4.99 Å². The summed E-state index contributed by atoms with van der Waals surface area (Å²) in [5.41, 5.74) is 3.46. The summed E-state index contributed by atoms with van der Waals surface area (Å²) in [4.78, 5) is 38.1. The van der Waals surface area contributed by atoms with E-state index in [-0.39, 0.29) is 17.5 Å². The van der Waals surface area contributed by atoms with Crippen molar-refractivity contribution in [2.45, 2.75) is 70.3 Å². The average molecular weight is 699 g/mol. The van der Waals surface area contributed by atoms with E-state index in [9.17, 15) is 9.59 Å². The largest absolute Gasteiger partial charge is 0.494 e. The van der Waals surface area contributed by atoms with Gasteiger partial charge in [0.1, 0.15) is 11.6 Å². The lowest BCUT2D eigenvalue weighted by Crippen LogP contribution is -2.35. The number of nitrogens with zero attached hydrogens (tertiary/aromatic N) is 4. The number of carbonyl (C=O) groups excluding carboxylic acids is 1. The molecule has 2 aliphatic rings. The number of hydrogen-bond acceptors (Lipinski definition) is 7. The number of fused-ring (bicyclic) bond motifs is 3. The molecule has 5 aromatic rings. The molecule has 1 amide bonds. The van der Waals surface area contributed by atoms with Gasteiger partial charge in [0.2, 0.25) is 0 Å². The quantitative estimate of drug-likeness (QED) is 0.0955. The number of ether oxygens (including phenoxy) is 3. The van der Waals surface area contributed by atoms with E-state index in [1.807, 2.05) is 96.0 Å². The number of carbonyl (C=O) groups is 1. The van der Waals surface area contributed by atoms with Crippen LogP contribution in [0.5, 0.6) is 17.2 Å². The Morgan fingerprint density at radius 2 is 1.44 bits per heavy atom. The second-order valence-electron chi connectivity index (χ2n) is 13.5. The Morgan fingerprint density at radius 3 is 2.19 bits per heavy atom. The van der Waals surface area contributed by atoms with Gasteiger partial charge < -0.3 is 19.1 Å². The molecule has 0 spiro atoms. The van der Waals surface area contributed by atoms with Gasteiger partial charge in [-0.1, -0.05) is 81.0 Å². The number of hydrogen-bond donors (Lipinski definition) is 0. The van der Waals surface area contributed by atoms with E-state index in [4.69, 9.17) is 19.2 Å². The molecular formula is C43H46N4O5. The van der Waals surface area contributed by atoms with Gasteiger partial charge in [0.15, 0.2) is 11.5 Å². The number of para-hydroxylation sites is 1.